The van der Waals surface area contributed by atoms with Gasteiger partial charge in [0.2, 0.25) is 0 Å². The van der Waals surface area contributed by atoms with Gasteiger partial charge in [-0.1, -0.05) is 19.0 Å². The van der Waals surface area contributed by atoms with Gasteiger partial charge < -0.3 is 9.42 Å². The highest BCUT2D eigenvalue weighted by atomic mass is 32.1. The van der Waals surface area contributed by atoms with Crippen molar-refractivity contribution < 1.29 is 9.32 Å². The van der Waals surface area contributed by atoms with Crippen molar-refractivity contribution in [2.24, 2.45) is 11.3 Å². The van der Waals surface area contributed by atoms with Gasteiger partial charge in [0, 0.05) is 49.0 Å². The van der Waals surface area contributed by atoms with Gasteiger partial charge in [0.15, 0.2) is 0 Å². The van der Waals surface area contributed by atoms with Crippen LogP contribution in [0.4, 0.5) is 0 Å². The van der Waals surface area contributed by atoms with E-state index in [2.05, 4.69) is 29.3 Å². The molecule has 4 rings (SSSR count). The number of amides is 1. The monoisotopic (exact) mass is 387 g/mol. The number of rotatable bonds is 5. The van der Waals surface area contributed by atoms with Crippen LogP contribution in [0.3, 0.4) is 0 Å². The van der Waals surface area contributed by atoms with E-state index in [1.54, 1.807) is 11.3 Å². The first-order chi connectivity index (χ1) is 12.8. The molecular formula is C21H29N3O2S. The fourth-order valence-electron chi connectivity index (χ4n) is 4.15. The number of fused-ring (bicyclic) bond motifs is 1. The lowest BCUT2D eigenvalue weighted by Gasteiger charge is -2.27. The van der Waals surface area contributed by atoms with Gasteiger partial charge in [-0.15, -0.1) is 11.3 Å². The van der Waals surface area contributed by atoms with Gasteiger partial charge in [0.05, 0.1) is 11.3 Å². The minimum Gasteiger partial charge on any atom is -0.361 e. The molecule has 0 bridgehead atoms. The topological polar surface area (TPSA) is 49.6 Å². The third-order valence-electron chi connectivity index (χ3n) is 6.38. The first-order valence-corrected chi connectivity index (χ1v) is 10.6. The van der Waals surface area contributed by atoms with Crippen molar-refractivity contribution in [1.82, 2.24) is 15.0 Å². The quantitative estimate of drug-likeness (QED) is 0.777. The predicted octanol–water partition coefficient (Wildman–Crippen LogP) is 4.03. The Labute approximate surface area is 165 Å². The molecule has 0 N–H and O–H groups in total. The van der Waals surface area contributed by atoms with E-state index >= 15 is 0 Å². The SMILES string of the molecule is Cc1noc(C)c1CN1CCc2c(C(=O)N(C)C[C@H]3CC3(C)C)csc2C1. The van der Waals surface area contributed by atoms with Gasteiger partial charge in [-0.25, -0.2) is 0 Å². The molecule has 6 heteroatoms. The molecule has 0 spiro atoms. The summed E-state index contributed by atoms with van der Waals surface area (Å²) >= 11 is 1.73. The molecule has 0 radical (unpaired) electrons. The van der Waals surface area contributed by atoms with E-state index in [0.29, 0.717) is 11.3 Å². The van der Waals surface area contributed by atoms with Crippen LogP contribution in [-0.4, -0.2) is 41.0 Å². The highest BCUT2D eigenvalue weighted by Crippen LogP contribution is 2.51. The molecule has 27 heavy (non-hydrogen) atoms. The summed E-state index contributed by atoms with van der Waals surface area (Å²) in [6, 6.07) is 0. The lowest BCUT2D eigenvalue weighted by Crippen LogP contribution is -2.33. The fourth-order valence-corrected chi connectivity index (χ4v) is 5.27. The van der Waals surface area contributed by atoms with Gasteiger partial charge in [0.25, 0.3) is 5.91 Å². The van der Waals surface area contributed by atoms with E-state index in [-0.39, 0.29) is 5.91 Å². The summed E-state index contributed by atoms with van der Waals surface area (Å²) in [5.41, 5.74) is 4.76. The van der Waals surface area contributed by atoms with Crippen LogP contribution in [0.25, 0.3) is 0 Å². The van der Waals surface area contributed by atoms with Crippen molar-refractivity contribution in [2.75, 3.05) is 20.1 Å². The van der Waals surface area contributed by atoms with Crippen molar-refractivity contribution in [3.63, 3.8) is 0 Å². The highest BCUT2D eigenvalue weighted by Gasteiger charge is 2.46. The normalized spacial score (nSPS) is 21.1. The van der Waals surface area contributed by atoms with Crippen LogP contribution in [-0.2, 0) is 19.5 Å². The third kappa shape index (κ3) is 3.57. The van der Waals surface area contributed by atoms with Crippen molar-refractivity contribution in [3.8, 4) is 0 Å². The van der Waals surface area contributed by atoms with Crippen LogP contribution >= 0.6 is 11.3 Å². The van der Waals surface area contributed by atoms with E-state index in [1.807, 2.05) is 25.8 Å². The molecule has 1 aliphatic carbocycles. The molecule has 1 saturated carbocycles. The molecule has 2 aromatic heterocycles. The number of hydrogen-bond donors (Lipinski definition) is 0. The number of aryl methyl sites for hydroxylation is 2. The van der Waals surface area contributed by atoms with Crippen molar-refractivity contribution in [3.05, 3.63) is 38.4 Å². The van der Waals surface area contributed by atoms with Crippen LogP contribution in [0.5, 0.6) is 0 Å². The Morgan fingerprint density at radius 3 is 2.81 bits per heavy atom. The van der Waals surface area contributed by atoms with Crippen LogP contribution in [0.15, 0.2) is 9.90 Å². The zero-order valence-electron chi connectivity index (χ0n) is 17.0. The maximum atomic E-state index is 13.0. The number of carbonyl (C=O) groups is 1. The summed E-state index contributed by atoms with van der Waals surface area (Å²) in [4.78, 5) is 18.7. The molecule has 1 aliphatic heterocycles. The first kappa shape index (κ1) is 18.7. The minimum atomic E-state index is 0.189. The Balaban J connectivity index is 1.43. The average Bonchev–Trinajstić information content (AvgIpc) is 2.95. The second-order valence-corrected chi connectivity index (χ2v) is 9.85. The van der Waals surface area contributed by atoms with E-state index in [0.717, 1.165) is 49.6 Å². The summed E-state index contributed by atoms with van der Waals surface area (Å²) < 4.78 is 5.30. The number of thiophene rings is 1. The summed E-state index contributed by atoms with van der Waals surface area (Å²) in [7, 11) is 1.95. The van der Waals surface area contributed by atoms with Crippen LogP contribution in [0.1, 0.15) is 58.1 Å². The fraction of sp³-hybridized carbons (Fsp3) is 0.619. The van der Waals surface area contributed by atoms with E-state index < -0.39 is 0 Å². The first-order valence-electron chi connectivity index (χ1n) is 9.75. The summed E-state index contributed by atoms with van der Waals surface area (Å²) in [5.74, 6) is 1.74. The summed E-state index contributed by atoms with van der Waals surface area (Å²) in [6.07, 6.45) is 2.16. The van der Waals surface area contributed by atoms with Crippen molar-refractivity contribution in [2.45, 2.75) is 53.6 Å². The highest BCUT2D eigenvalue weighted by molar-refractivity contribution is 7.10. The molecule has 0 aromatic carbocycles. The maximum absolute atomic E-state index is 13.0. The molecule has 3 heterocycles. The smallest absolute Gasteiger partial charge is 0.254 e. The molecule has 0 unspecified atom stereocenters. The van der Waals surface area contributed by atoms with E-state index in [4.69, 9.17) is 4.52 Å². The number of nitrogens with zero attached hydrogens (tertiary/aromatic N) is 3. The van der Waals surface area contributed by atoms with Crippen LogP contribution < -0.4 is 0 Å². The lowest BCUT2D eigenvalue weighted by atomic mass is 10.0. The molecule has 1 atom stereocenters. The number of aromatic nitrogens is 1. The molecule has 1 amide bonds. The Hall–Kier alpha value is -1.66. The zero-order chi connectivity index (χ0) is 19.3. The zero-order valence-corrected chi connectivity index (χ0v) is 17.8. The standard InChI is InChI=1S/C21H29N3O2S/c1-13-17(14(2)26-22-13)10-24-7-6-16-18(12-27-19(16)11-24)20(25)23(5)9-15-8-21(15,3)4/h12,15H,6-11H2,1-5H3/t15-/m1/s1. The predicted molar refractivity (Wildman–Crippen MR) is 107 cm³/mol. The van der Waals surface area contributed by atoms with Gasteiger partial charge in [-0.3, -0.25) is 9.69 Å². The molecule has 1 fully saturated rings. The molecule has 146 valence electrons. The molecular weight excluding hydrogens is 358 g/mol. The second kappa shape index (κ2) is 6.74. The average molecular weight is 388 g/mol. The summed E-state index contributed by atoms with van der Waals surface area (Å²) in [5, 5.41) is 6.13. The third-order valence-corrected chi connectivity index (χ3v) is 7.39. The molecule has 5 nitrogen and oxygen atoms in total. The Bertz CT molecular complexity index is 847. The number of carbonyl (C=O) groups excluding carboxylic acids is 1. The number of hydrogen-bond acceptors (Lipinski definition) is 5. The van der Waals surface area contributed by atoms with Crippen molar-refractivity contribution in [1.29, 1.82) is 0 Å². The molecule has 2 aromatic rings. The minimum absolute atomic E-state index is 0.189. The lowest BCUT2D eigenvalue weighted by molar-refractivity contribution is 0.0783. The molecule has 2 aliphatic rings. The molecule has 0 saturated heterocycles. The Morgan fingerprint density at radius 1 is 1.44 bits per heavy atom. The van der Waals surface area contributed by atoms with Gasteiger partial charge in [0.1, 0.15) is 5.76 Å². The van der Waals surface area contributed by atoms with Crippen molar-refractivity contribution >= 4 is 17.2 Å². The van der Waals surface area contributed by atoms with Crippen LogP contribution in [0.2, 0.25) is 0 Å². The second-order valence-electron chi connectivity index (χ2n) is 8.89. The van der Waals surface area contributed by atoms with E-state index in [9.17, 15) is 4.79 Å². The Kier molecular flexibility index (Phi) is 4.67. The largest absolute Gasteiger partial charge is 0.361 e. The van der Waals surface area contributed by atoms with E-state index in [1.165, 1.54) is 22.4 Å². The van der Waals surface area contributed by atoms with Crippen LogP contribution in [0, 0.1) is 25.2 Å². The Morgan fingerprint density at radius 2 is 2.19 bits per heavy atom. The maximum Gasteiger partial charge on any atom is 0.254 e. The van der Waals surface area contributed by atoms with Gasteiger partial charge >= 0.3 is 0 Å². The summed E-state index contributed by atoms with van der Waals surface area (Å²) in [6.45, 7) is 12.1. The van der Waals surface area contributed by atoms with Gasteiger partial charge in [-0.05, 0) is 43.6 Å². The van der Waals surface area contributed by atoms with Gasteiger partial charge in [-0.2, -0.15) is 0 Å².